The zero-order valence-corrected chi connectivity index (χ0v) is 12.5. The third kappa shape index (κ3) is 4.76. The fourth-order valence-corrected chi connectivity index (χ4v) is 1.74. The summed E-state index contributed by atoms with van der Waals surface area (Å²) in [7, 11) is 2.71. The Bertz CT molecular complexity index is 464. The van der Waals surface area contributed by atoms with Crippen molar-refractivity contribution in [1.29, 1.82) is 0 Å². The minimum absolute atomic E-state index is 0.923. The monoisotopic (exact) mass is 260 g/mol. The maximum Gasteiger partial charge on any atom is 0.126 e. The molecule has 2 nitrogen and oxygen atoms in total. The molecule has 19 heavy (non-hydrogen) atoms. The Morgan fingerprint density at radius 1 is 0.789 bits per heavy atom. The third-order valence-electron chi connectivity index (χ3n) is 2.54. The minimum atomic E-state index is 0.923. The van der Waals surface area contributed by atoms with Gasteiger partial charge < -0.3 is 9.84 Å². The minimum Gasteiger partial charge on any atom is -0.496 e. The number of aryl methyl sites for hydroxylation is 1. The normalized spacial score (nSPS) is 8.53. The number of methoxy groups -OCH3 is 1. The largest absolute Gasteiger partial charge is 0.496 e. The molecular formula is C17H24O2. The Balaban J connectivity index is 0.000000741. The van der Waals surface area contributed by atoms with E-state index in [2.05, 4.69) is 31.2 Å². The molecule has 0 bridgehead atoms. The van der Waals surface area contributed by atoms with Crippen LogP contribution in [0.15, 0.2) is 48.5 Å². The number of benzene rings is 2. The Labute approximate surface area is 116 Å². The van der Waals surface area contributed by atoms with Gasteiger partial charge in [0, 0.05) is 12.7 Å². The summed E-state index contributed by atoms with van der Waals surface area (Å²) in [5.41, 5.74) is 3.65. The van der Waals surface area contributed by atoms with Crippen molar-refractivity contribution in [2.45, 2.75) is 20.8 Å². The average molecular weight is 260 g/mol. The van der Waals surface area contributed by atoms with Crippen LogP contribution in [-0.2, 0) is 0 Å². The van der Waals surface area contributed by atoms with Crippen LogP contribution < -0.4 is 4.74 Å². The molecule has 0 aliphatic rings. The van der Waals surface area contributed by atoms with Crippen LogP contribution in [0.5, 0.6) is 5.75 Å². The highest BCUT2D eigenvalue weighted by Crippen LogP contribution is 2.31. The molecule has 2 rings (SSSR count). The first-order valence-electron chi connectivity index (χ1n) is 6.46. The molecule has 0 unspecified atom stereocenters. The maximum absolute atomic E-state index is 7.00. The molecule has 2 heteroatoms. The first-order valence-corrected chi connectivity index (χ1v) is 6.46. The fraction of sp³-hybridized carbons (Fsp3) is 0.294. The van der Waals surface area contributed by atoms with E-state index < -0.39 is 0 Å². The van der Waals surface area contributed by atoms with E-state index in [1.54, 1.807) is 7.11 Å². The van der Waals surface area contributed by atoms with Gasteiger partial charge in [-0.1, -0.05) is 56.3 Å². The fourth-order valence-electron chi connectivity index (χ4n) is 1.74. The highest BCUT2D eigenvalue weighted by atomic mass is 16.5. The second-order valence-electron chi connectivity index (χ2n) is 3.52. The number of aliphatic hydroxyl groups excluding tert-OH is 1. The molecule has 1 N–H and O–H groups in total. The lowest BCUT2D eigenvalue weighted by atomic mass is 10.00. The van der Waals surface area contributed by atoms with Crippen molar-refractivity contribution in [3.8, 4) is 16.9 Å². The molecule has 0 aromatic heterocycles. The van der Waals surface area contributed by atoms with Gasteiger partial charge >= 0.3 is 0 Å². The summed E-state index contributed by atoms with van der Waals surface area (Å²) in [5, 5.41) is 7.00. The van der Waals surface area contributed by atoms with E-state index in [-0.39, 0.29) is 0 Å². The van der Waals surface area contributed by atoms with Crippen LogP contribution in [0.1, 0.15) is 19.4 Å². The molecule has 104 valence electrons. The Kier molecular flexibility index (Phi) is 9.19. The lowest BCUT2D eigenvalue weighted by Gasteiger charge is -2.10. The summed E-state index contributed by atoms with van der Waals surface area (Å²) in [5.74, 6) is 0.923. The van der Waals surface area contributed by atoms with Crippen LogP contribution in [0.4, 0.5) is 0 Å². The number of hydrogen-bond acceptors (Lipinski definition) is 2. The zero-order chi connectivity index (χ0) is 14.7. The van der Waals surface area contributed by atoms with Crippen molar-refractivity contribution >= 4 is 0 Å². The number of hydrogen-bond donors (Lipinski definition) is 1. The number of para-hydroxylation sites is 1. The molecule has 0 heterocycles. The molecular weight excluding hydrogens is 236 g/mol. The van der Waals surface area contributed by atoms with Gasteiger partial charge in [-0.15, -0.1) is 0 Å². The van der Waals surface area contributed by atoms with Crippen LogP contribution in [0.3, 0.4) is 0 Å². The number of aliphatic hydroxyl groups is 1. The molecule has 0 saturated carbocycles. The smallest absolute Gasteiger partial charge is 0.126 e. The van der Waals surface area contributed by atoms with Gasteiger partial charge in [-0.2, -0.15) is 0 Å². The lowest BCUT2D eigenvalue weighted by Crippen LogP contribution is -1.88. The molecule has 0 aliphatic heterocycles. The molecule has 0 atom stereocenters. The van der Waals surface area contributed by atoms with Gasteiger partial charge in [0.1, 0.15) is 5.75 Å². The molecule has 2 aromatic carbocycles. The van der Waals surface area contributed by atoms with E-state index in [0.29, 0.717) is 0 Å². The standard InChI is InChI=1S/C14H14O.C2H6.CH4O/c1-11-7-3-4-8-12(11)13-9-5-6-10-14(13)15-2;2*1-2/h3-10H,1-2H3;1-2H3;2H,1H3. The van der Waals surface area contributed by atoms with E-state index in [4.69, 9.17) is 9.84 Å². The summed E-state index contributed by atoms with van der Waals surface area (Å²) in [6, 6.07) is 16.4. The van der Waals surface area contributed by atoms with Crippen molar-refractivity contribution in [3.05, 3.63) is 54.1 Å². The van der Waals surface area contributed by atoms with Crippen LogP contribution in [0, 0.1) is 6.92 Å². The average Bonchev–Trinajstić information content (AvgIpc) is 2.52. The molecule has 0 fully saturated rings. The topological polar surface area (TPSA) is 29.5 Å². The highest BCUT2D eigenvalue weighted by molar-refractivity contribution is 5.73. The van der Waals surface area contributed by atoms with Gasteiger partial charge in [0.25, 0.3) is 0 Å². The summed E-state index contributed by atoms with van der Waals surface area (Å²) in [6.45, 7) is 6.11. The molecule has 0 saturated heterocycles. The second-order valence-corrected chi connectivity index (χ2v) is 3.52. The molecule has 0 radical (unpaired) electrons. The highest BCUT2D eigenvalue weighted by Gasteiger charge is 2.05. The van der Waals surface area contributed by atoms with E-state index in [1.165, 1.54) is 11.1 Å². The summed E-state index contributed by atoms with van der Waals surface area (Å²) < 4.78 is 5.35. The molecule has 0 spiro atoms. The van der Waals surface area contributed by atoms with Gasteiger partial charge in [0.05, 0.1) is 7.11 Å². The van der Waals surface area contributed by atoms with Crippen LogP contribution in [0.2, 0.25) is 0 Å². The SMILES string of the molecule is CC.CO.COc1ccccc1-c1ccccc1C. The van der Waals surface area contributed by atoms with Crippen molar-refractivity contribution in [3.63, 3.8) is 0 Å². The van der Waals surface area contributed by atoms with Gasteiger partial charge in [0.2, 0.25) is 0 Å². The van der Waals surface area contributed by atoms with Gasteiger partial charge in [0.15, 0.2) is 0 Å². The molecule has 0 amide bonds. The van der Waals surface area contributed by atoms with Gasteiger partial charge in [-0.25, -0.2) is 0 Å². The predicted octanol–water partition coefficient (Wildman–Crippen LogP) is 4.31. The van der Waals surface area contributed by atoms with E-state index in [0.717, 1.165) is 18.4 Å². The summed E-state index contributed by atoms with van der Waals surface area (Å²) in [4.78, 5) is 0. The Morgan fingerprint density at radius 3 is 1.79 bits per heavy atom. The first-order chi connectivity index (χ1) is 9.33. The van der Waals surface area contributed by atoms with Crippen molar-refractivity contribution < 1.29 is 9.84 Å². The van der Waals surface area contributed by atoms with E-state index in [1.807, 2.05) is 38.1 Å². The van der Waals surface area contributed by atoms with E-state index >= 15 is 0 Å². The predicted molar refractivity (Wildman–Crippen MR) is 82.7 cm³/mol. The number of rotatable bonds is 2. The molecule has 2 aromatic rings. The first kappa shape index (κ1) is 17.2. The number of ether oxygens (including phenoxy) is 1. The van der Waals surface area contributed by atoms with Crippen molar-refractivity contribution in [2.75, 3.05) is 14.2 Å². The quantitative estimate of drug-likeness (QED) is 0.872. The summed E-state index contributed by atoms with van der Waals surface area (Å²) >= 11 is 0. The van der Waals surface area contributed by atoms with Gasteiger partial charge in [-0.3, -0.25) is 0 Å². The second kappa shape index (κ2) is 10.2. The zero-order valence-electron chi connectivity index (χ0n) is 12.5. The summed E-state index contributed by atoms with van der Waals surface area (Å²) in [6.07, 6.45) is 0. The Morgan fingerprint density at radius 2 is 1.26 bits per heavy atom. The Hall–Kier alpha value is -1.80. The molecule has 0 aliphatic carbocycles. The van der Waals surface area contributed by atoms with Gasteiger partial charge in [-0.05, 0) is 24.1 Å². The van der Waals surface area contributed by atoms with Crippen LogP contribution in [0.25, 0.3) is 11.1 Å². The lowest BCUT2D eigenvalue weighted by molar-refractivity contribution is 0.399. The third-order valence-corrected chi connectivity index (χ3v) is 2.54. The van der Waals surface area contributed by atoms with Crippen LogP contribution in [-0.4, -0.2) is 19.3 Å². The van der Waals surface area contributed by atoms with Crippen molar-refractivity contribution in [1.82, 2.24) is 0 Å². The maximum atomic E-state index is 7.00. The van der Waals surface area contributed by atoms with E-state index in [9.17, 15) is 0 Å². The van der Waals surface area contributed by atoms with Crippen LogP contribution >= 0.6 is 0 Å². The van der Waals surface area contributed by atoms with Crippen molar-refractivity contribution in [2.24, 2.45) is 0 Å².